The molecule has 0 spiro atoms. The molecular weight excluding hydrogens is 372 g/mol. The molecule has 0 bridgehead atoms. The van der Waals surface area contributed by atoms with Crippen molar-refractivity contribution in [2.75, 3.05) is 19.6 Å². The third-order valence-electron chi connectivity index (χ3n) is 5.18. The lowest BCUT2D eigenvalue weighted by molar-refractivity contribution is -0.183. The van der Waals surface area contributed by atoms with Gasteiger partial charge in [0.2, 0.25) is 0 Å². The van der Waals surface area contributed by atoms with Crippen LogP contribution in [0.25, 0.3) is 0 Å². The second-order valence-corrected chi connectivity index (χ2v) is 6.78. The molecule has 1 N–H and O–H groups in total. The van der Waals surface area contributed by atoms with Crippen LogP contribution in [0.3, 0.4) is 0 Å². The van der Waals surface area contributed by atoms with Crippen LogP contribution in [0.15, 0.2) is 18.2 Å². The Hall–Kier alpha value is -1.34. The first kappa shape index (κ1) is 21.0. The molecule has 2 aliphatic heterocycles. The summed E-state index contributed by atoms with van der Waals surface area (Å²) in [6.07, 6.45) is -2.17. The lowest BCUT2D eigenvalue weighted by Gasteiger charge is -2.37. The zero-order valence-corrected chi connectivity index (χ0v) is 15.1. The van der Waals surface area contributed by atoms with E-state index in [0.717, 1.165) is 30.8 Å². The Kier molecular flexibility index (Phi) is 6.91. The Morgan fingerprint density at radius 2 is 1.81 bits per heavy atom. The van der Waals surface area contributed by atoms with Gasteiger partial charge in [-0.1, -0.05) is 12.1 Å². The third kappa shape index (κ3) is 4.31. The second kappa shape index (κ2) is 8.57. The third-order valence-corrected chi connectivity index (χ3v) is 5.18. The van der Waals surface area contributed by atoms with Gasteiger partial charge in [-0.3, -0.25) is 4.79 Å². The van der Waals surface area contributed by atoms with Crippen LogP contribution < -0.4 is 5.32 Å². The number of nitrogens with zero attached hydrogens (tertiary/aromatic N) is 1. The summed E-state index contributed by atoms with van der Waals surface area (Å²) >= 11 is 0. The van der Waals surface area contributed by atoms with E-state index in [1.54, 1.807) is 12.1 Å². The van der Waals surface area contributed by atoms with Gasteiger partial charge in [0.25, 0.3) is 5.91 Å². The van der Waals surface area contributed by atoms with Gasteiger partial charge < -0.3 is 10.2 Å². The molecule has 1 unspecified atom stereocenters. The fourth-order valence-corrected chi connectivity index (χ4v) is 3.83. The SMILES string of the molecule is Cl.O=C(c1cccc(C2CCNCC2)c1F)N1CCCCC1C(F)(F)F. The van der Waals surface area contributed by atoms with Crippen molar-refractivity contribution < 1.29 is 22.4 Å². The van der Waals surface area contributed by atoms with Crippen molar-refractivity contribution >= 4 is 18.3 Å². The van der Waals surface area contributed by atoms with Crippen molar-refractivity contribution in [3.63, 3.8) is 0 Å². The first-order valence-electron chi connectivity index (χ1n) is 8.76. The fourth-order valence-electron chi connectivity index (χ4n) is 3.83. The van der Waals surface area contributed by atoms with Gasteiger partial charge in [-0.25, -0.2) is 4.39 Å². The van der Waals surface area contributed by atoms with Crippen LogP contribution in [-0.2, 0) is 0 Å². The molecule has 2 fully saturated rings. The Morgan fingerprint density at radius 1 is 1.12 bits per heavy atom. The molecule has 2 aliphatic rings. The standard InChI is InChI=1S/C18H22F4N2O.ClH/c19-16-13(12-7-9-23-10-8-12)4-3-5-14(16)17(25)24-11-2-1-6-15(24)18(20,21)22;/h3-5,12,15,23H,1-2,6-11H2;1H. The molecular formula is C18H23ClF4N2O. The normalized spacial score (nSPS) is 22.0. The summed E-state index contributed by atoms with van der Waals surface area (Å²) in [5, 5.41) is 3.19. The van der Waals surface area contributed by atoms with E-state index in [1.165, 1.54) is 6.07 Å². The average Bonchev–Trinajstić information content (AvgIpc) is 2.61. The number of piperidine rings is 2. The molecule has 146 valence electrons. The summed E-state index contributed by atoms with van der Waals surface area (Å²) in [6.45, 7) is 1.55. The van der Waals surface area contributed by atoms with Crippen LogP contribution in [0.4, 0.5) is 17.6 Å². The van der Waals surface area contributed by atoms with Gasteiger partial charge in [-0.2, -0.15) is 13.2 Å². The van der Waals surface area contributed by atoms with E-state index >= 15 is 0 Å². The Morgan fingerprint density at radius 3 is 2.46 bits per heavy atom. The quantitative estimate of drug-likeness (QED) is 0.760. The van der Waals surface area contributed by atoms with Crippen molar-refractivity contribution in [1.29, 1.82) is 0 Å². The number of alkyl halides is 3. The van der Waals surface area contributed by atoms with Crippen LogP contribution >= 0.6 is 12.4 Å². The van der Waals surface area contributed by atoms with Crippen LogP contribution in [0, 0.1) is 5.82 Å². The number of carbonyl (C=O) groups excluding carboxylic acids is 1. The predicted octanol–water partition coefficient (Wildman–Crippen LogP) is 4.27. The Bertz CT molecular complexity index is 632. The fraction of sp³-hybridized carbons (Fsp3) is 0.611. The lowest BCUT2D eigenvalue weighted by Crippen LogP contribution is -2.51. The molecule has 2 saturated heterocycles. The van der Waals surface area contributed by atoms with E-state index in [9.17, 15) is 22.4 Å². The minimum atomic E-state index is -4.49. The number of rotatable bonds is 2. The maximum atomic E-state index is 14.9. The number of hydrogen-bond acceptors (Lipinski definition) is 2. The highest BCUT2D eigenvalue weighted by molar-refractivity contribution is 5.95. The first-order chi connectivity index (χ1) is 11.9. The number of likely N-dealkylation sites (tertiary alicyclic amines) is 1. The minimum absolute atomic E-state index is 0. The molecule has 1 aromatic carbocycles. The maximum absolute atomic E-state index is 14.9. The number of benzene rings is 1. The monoisotopic (exact) mass is 394 g/mol. The van der Waals surface area contributed by atoms with Crippen molar-refractivity contribution in [2.24, 2.45) is 0 Å². The number of hydrogen-bond donors (Lipinski definition) is 1. The Balaban J connectivity index is 0.00000243. The lowest BCUT2D eigenvalue weighted by atomic mass is 9.88. The molecule has 0 radical (unpaired) electrons. The predicted molar refractivity (Wildman–Crippen MR) is 93.2 cm³/mol. The van der Waals surface area contributed by atoms with Crippen molar-refractivity contribution in [1.82, 2.24) is 10.2 Å². The molecule has 1 atom stereocenters. The van der Waals surface area contributed by atoms with E-state index in [-0.39, 0.29) is 36.9 Å². The summed E-state index contributed by atoms with van der Waals surface area (Å²) in [5.74, 6) is -1.52. The smallest absolute Gasteiger partial charge is 0.326 e. The molecule has 3 nitrogen and oxygen atoms in total. The number of nitrogens with one attached hydrogen (secondary N) is 1. The topological polar surface area (TPSA) is 32.3 Å². The van der Waals surface area contributed by atoms with E-state index in [4.69, 9.17) is 0 Å². The van der Waals surface area contributed by atoms with Gasteiger partial charge in [0, 0.05) is 6.54 Å². The molecule has 0 aliphatic carbocycles. The summed E-state index contributed by atoms with van der Waals surface area (Å²) < 4.78 is 54.7. The second-order valence-electron chi connectivity index (χ2n) is 6.78. The average molecular weight is 395 g/mol. The van der Waals surface area contributed by atoms with Gasteiger partial charge in [-0.15, -0.1) is 12.4 Å². The van der Waals surface area contributed by atoms with Gasteiger partial charge in [0.05, 0.1) is 5.56 Å². The number of carbonyl (C=O) groups is 1. The Labute approximate surface area is 156 Å². The molecule has 3 rings (SSSR count). The van der Waals surface area contributed by atoms with Crippen molar-refractivity contribution in [3.8, 4) is 0 Å². The minimum Gasteiger partial charge on any atom is -0.326 e. The summed E-state index contributed by atoms with van der Waals surface area (Å²) in [7, 11) is 0. The van der Waals surface area contributed by atoms with E-state index in [2.05, 4.69) is 5.32 Å². The van der Waals surface area contributed by atoms with Crippen LogP contribution in [0.5, 0.6) is 0 Å². The van der Waals surface area contributed by atoms with Gasteiger partial charge in [0.1, 0.15) is 11.9 Å². The van der Waals surface area contributed by atoms with Crippen molar-refractivity contribution in [2.45, 2.75) is 50.2 Å². The molecule has 0 saturated carbocycles. The molecule has 1 amide bonds. The van der Waals surface area contributed by atoms with E-state index in [1.807, 2.05) is 0 Å². The van der Waals surface area contributed by atoms with Crippen LogP contribution in [0.2, 0.25) is 0 Å². The number of amides is 1. The summed E-state index contributed by atoms with van der Waals surface area (Å²) in [6, 6.07) is 2.68. The summed E-state index contributed by atoms with van der Waals surface area (Å²) in [5.41, 5.74) is 0.195. The first-order valence-corrected chi connectivity index (χ1v) is 8.76. The zero-order chi connectivity index (χ0) is 18.0. The van der Waals surface area contributed by atoms with E-state index < -0.39 is 23.9 Å². The molecule has 26 heavy (non-hydrogen) atoms. The molecule has 8 heteroatoms. The molecule has 0 aromatic heterocycles. The van der Waals surface area contributed by atoms with Crippen LogP contribution in [-0.4, -0.2) is 42.7 Å². The number of halogens is 5. The van der Waals surface area contributed by atoms with Gasteiger partial charge >= 0.3 is 6.18 Å². The zero-order valence-electron chi connectivity index (χ0n) is 14.3. The highest BCUT2D eigenvalue weighted by atomic mass is 35.5. The highest BCUT2D eigenvalue weighted by Gasteiger charge is 2.46. The maximum Gasteiger partial charge on any atom is 0.408 e. The van der Waals surface area contributed by atoms with Crippen LogP contribution in [0.1, 0.15) is 53.9 Å². The molecule has 1 aromatic rings. The van der Waals surface area contributed by atoms with E-state index in [0.29, 0.717) is 18.4 Å². The summed E-state index contributed by atoms with van der Waals surface area (Å²) in [4.78, 5) is 13.5. The van der Waals surface area contributed by atoms with Gasteiger partial charge in [-0.05, 0) is 62.7 Å². The molecule has 2 heterocycles. The highest BCUT2D eigenvalue weighted by Crippen LogP contribution is 2.34. The van der Waals surface area contributed by atoms with Gasteiger partial charge in [0.15, 0.2) is 0 Å². The largest absolute Gasteiger partial charge is 0.408 e. The van der Waals surface area contributed by atoms with Crippen molar-refractivity contribution in [3.05, 3.63) is 35.1 Å².